The zero-order valence-corrected chi connectivity index (χ0v) is 13.5. The van der Waals surface area contributed by atoms with Gasteiger partial charge in [-0.2, -0.15) is 5.10 Å². The minimum absolute atomic E-state index is 0.172. The predicted molar refractivity (Wildman–Crippen MR) is 86.8 cm³/mol. The van der Waals surface area contributed by atoms with E-state index < -0.39 is 0 Å². The Labute approximate surface area is 140 Å². The van der Waals surface area contributed by atoms with Gasteiger partial charge in [-0.25, -0.2) is 5.43 Å². The molecule has 0 saturated heterocycles. The van der Waals surface area contributed by atoms with E-state index in [4.69, 9.17) is 21.1 Å². The highest BCUT2D eigenvalue weighted by Crippen LogP contribution is 2.36. The molecule has 112 valence electrons. The molecule has 0 aromatic heterocycles. The van der Waals surface area contributed by atoms with Gasteiger partial charge in [0.15, 0.2) is 11.5 Å². The smallest absolute Gasteiger partial charge is 0.272 e. The van der Waals surface area contributed by atoms with Crippen LogP contribution in [0.25, 0.3) is 0 Å². The third-order valence-electron chi connectivity index (χ3n) is 2.98. The topological polar surface area (TPSA) is 59.9 Å². The Hall–Kier alpha value is -2.05. The van der Waals surface area contributed by atoms with Gasteiger partial charge in [0.25, 0.3) is 5.91 Å². The molecule has 1 heterocycles. The highest BCUT2D eigenvalue weighted by Gasteiger charge is 2.15. The number of fused-ring (bicyclic) bond motifs is 1. The third kappa shape index (κ3) is 3.08. The van der Waals surface area contributed by atoms with Gasteiger partial charge in [0, 0.05) is 16.1 Å². The van der Waals surface area contributed by atoms with Crippen LogP contribution in [0.15, 0.2) is 46.0 Å². The van der Waals surface area contributed by atoms with E-state index in [-0.39, 0.29) is 12.7 Å². The van der Waals surface area contributed by atoms with E-state index in [0.717, 1.165) is 0 Å². The summed E-state index contributed by atoms with van der Waals surface area (Å²) in [5.41, 5.74) is 3.57. The van der Waals surface area contributed by atoms with Gasteiger partial charge in [0.1, 0.15) is 0 Å². The molecule has 0 aliphatic carbocycles. The average Bonchev–Trinajstić information content (AvgIpc) is 2.94. The van der Waals surface area contributed by atoms with E-state index in [1.807, 2.05) is 6.07 Å². The van der Waals surface area contributed by atoms with Crippen LogP contribution in [0.3, 0.4) is 0 Å². The number of nitrogens with zero attached hydrogens (tertiary/aromatic N) is 1. The fourth-order valence-electron chi connectivity index (χ4n) is 1.90. The van der Waals surface area contributed by atoms with Crippen molar-refractivity contribution in [1.82, 2.24) is 5.43 Å². The van der Waals surface area contributed by atoms with Crippen molar-refractivity contribution in [3.8, 4) is 11.5 Å². The highest BCUT2D eigenvalue weighted by atomic mass is 79.9. The number of hydrogen-bond donors (Lipinski definition) is 1. The van der Waals surface area contributed by atoms with E-state index in [2.05, 4.69) is 26.5 Å². The van der Waals surface area contributed by atoms with E-state index in [0.29, 0.717) is 32.1 Å². The number of benzene rings is 2. The molecule has 7 heteroatoms. The van der Waals surface area contributed by atoms with Gasteiger partial charge in [-0.1, -0.05) is 23.7 Å². The van der Waals surface area contributed by atoms with Gasteiger partial charge >= 0.3 is 0 Å². The van der Waals surface area contributed by atoms with Crippen LogP contribution in [-0.2, 0) is 0 Å². The van der Waals surface area contributed by atoms with Crippen molar-refractivity contribution >= 4 is 39.7 Å². The number of carbonyl (C=O) groups excluding carboxylic acids is 1. The number of amides is 1. The van der Waals surface area contributed by atoms with Crippen molar-refractivity contribution in [2.75, 3.05) is 6.79 Å². The summed E-state index contributed by atoms with van der Waals surface area (Å²) in [5.74, 6) is 0.878. The second-order valence-corrected chi connectivity index (χ2v) is 5.67. The van der Waals surface area contributed by atoms with Crippen LogP contribution in [-0.4, -0.2) is 18.9 Å². The molecule has 0 unspecified atom stereocenters. The Bertz CT molecular complexity index is 764. The second kappa shape index (κ2) is 6.37. The maximum absolute atomic E-state index is 12.0. The largest absolute Gasteiger partial charge is 0.454 e. The minimum atomic E-state index is -0.319. The summed E-state index contributed by atoms with van der Waals surface area (Å²) in [5, 5.41) is 4.38. The van der Waals surface area contributed by atoms with Gasteiger partial charge in [0.2, 0.25) is 6.79 Å². The van der Waals surface area contributed by atoms with Gasteiger partial charge in [0.05, 0.1) is 16.8 Å². The zero-order chi connectivity index (χ0) is 15.5. The van der Waals surface area contributed by atoms with Crippen molar-refractivity contribution in [3.63, 3.8) is 0 Å². The Morgan fingerprint density at radius 3 is 2.77 bits per heavy atom. The van der Waals surface area contributed by atoms with Crippen LogP contribution in [0.4, 0.5) is 0 Å². The Kier molecular flexibility index (Phi) is 4.31. The highest BCUT2D eigenvalue weighted by molar-refractivity contribution is 9.10. The fraction of sp³-hybridized carbons (Fsp3) is 0.0667. The van der Waals surface area contributed by atoms with E-state index >= 15 is 0 Å². The van der Waals surface area contributed by atoms with Crippen molar-refractivity contribution in [2.24, 2.45) is 5.10 Å². The van der Waals surface area contributed by atoms with Crippen LogP contribution in [0.5, 0.6) is 11.5 Å². The monoisotopic (exact) mass is 380 g/mol. The summed E-state index contributed by atoms with van der Waals surface area (Å²) in [6.45, 7) is 0.172. The molecule has 0 radical (unpaired) electrons. The van der Waals surface area contributed by atoms with Crippen LogP contribution >= 0.6 is 27.5 Å². The lowest BCUT2D eigenvalue weighted by Gasteiger charge is -2.03. The lowest BCUT2D eigenvalue weighted by molar-refractivity contribution is 0.0954. The summed E-state index contributed by atoms with van der Waals surface area (Å²) in [6.07, 6.45) is 1.46. The summed E-state index contributed by atoms with van der Waals surface area (Å²) in [4.78, 5) is 12.0. The van der Waals surface area contributed by atoms with E-state index in [1.165, 1.54) is 6.21 Å². The zero-order valence-electron chi connectivity index (χ0n) is 11.2. The molecule has 1 N–H and O–H groups in total. The molecule has 0 spiro atoms. The van der Waals surface area contributed by atoms with Crippen LogP contribution in [0.2, 0.25) is 5.02 Å². The quantitative estimate of drug-likeness (QED) is 0.653. The first-order valence-corrected chi connectivity index (χ1v) is 7.49. The molecule has 0 fully saturated rings. The van der Waals surface area contributed by atoms with Crippen LogP contribution < -0.4 is 14.9 Å². The van der Waals surface area contributed by atoms with Gasteiger partial charge in [-0.3, -0.25) is 4.79 Å². The first kappa shape index (κ1) is 14.9. The lowest BCUT2D eigenvalue weighted by Crippen LogP contribution is -2.18. The van der Waals surface area contributed by atoms with Gasteiger partial charge < -0.3 is 9.47 Å². The SMILES string of the molecule is O=C(N/N=C\c1cc2c(cc1Cl)OCO2)c1ccccc1Br. The van der Waals surface area contributed by atoms with Crippen LogP contribution in [0.1, 0.15) is 15.9 Å². The summed E-state index contributed by atoms with van der Waals surface area (Å²) in [7, 11) is 0. The predicted octanol–water partition coefficient (Wildman–Crippen LogP) is 3.60. The Morgan fingerprint density at radius 1 is 1.27 bits per heavy atom. The average molecular weight is 382 g/mol. The molecule has 1 amide bonds. The second-order valence-electron chi connectivity index (χ2n) is 4.41. The number of halogens is 2. The first-order chi connectivity index (χ1) is 10.6. The molecule has 0 bridgehead atoms. The van der Waals surface area contributed by atoms with Gasteiger partial charge in [-0.15, -0.1) is 0 Å². The van der Waals surface area contributed by atoms with Crippen LogP contribution in [0, 0.1) is 0 Å². The number of ether oxygens (including phenoxy) is 2. The maximum Gasteiger partial charge on any atom is 0.272 e. The Balaban J connectivity index is 1.73. The fourth-order valence-corrected chi connectivity index (χ4v) is 2.57. The first-order valence-electron chi connectivity index (χ1n) is 6.32. The molecule has 0 saturated carbocycles. The molecule has 0 atom stereocenters. The minimum Gasteiger partial charge on any atom is -0.454 e. The molecule has 22 heavy (non-hydrogen) atoms. The van der Waals surface area contributed by atoms with Crippen molar-refractivity contribution < 1.29 is 14.3 Å². The molecule has 2 aromatic carbocycles. The van der Waals surface area contributed by atoms with Crippen molar-refractivity contribution in [3.05, 3.63) is 57.0 Å². The summed E-state index contributed by atoms with van der Waals surface area (Å²) < 4.78 is 11.2. The number of hydrazone groups is 1. The number of carbonyl (C=O) groups is 1. The third-order valence-corrected chi connectivity index (χ3v) is 4.00. The number of hydrogen-bond acceptors (Lipinski definition) is 4. The Morgan fingerprint density at radius 2 is 2.00 bits per heavy atom. The van der Waals surface area contributed by atoms with E-state index in [9.17, 15) is 4.79 Å². The molecule has 1 aliphatic rings. The molecule has 1 aliphatic heterocycles. The van der Waals surface area contributed by atoms with Crippen molar-refractivity contribution in [2.45, 2.75) is 0 Å². The summed E-state index contributed by atoms with van der Waals surface area (Å²) >= 11 is 9.43. The number of rotatable bonds is 3. The van der Waals surface area contributed by atoms with E-state index in [1.54, 1.807) is 30.3 Å². The molecular formula is C15H10BrClN2O3. The maximum atomic E-state index is 12.0. The summed E-state index contributed by atoms with van der Waals surface area (Å²) in [6, 6.07) is 10.4. The molecule has 2 aromatic rings. The van der Waals surface area contributed by atoms with Crippen molar-refractivity contribution in [1.29, 1.82) is 0 Å². The van der Waals surface area contributed by atoms with Gasteiger partial charge in [-0.05, 0) is 34.1 Å². The normalized spacial score (nSPS) is 12.6. The molecular weight excluding hydrogens is 372 g/mol. The lowest BCUT2D eigenvalue weighted by atomic mass is 10.2. The molecule has 3 rings (SSSR count). The number of nitrogens with one attached hydrogen (secondary N) is 1. The standard InChI is InChI=1S/C15H10BrClN2O3/c16-11-4-2-1-3-10(11)15(20)19-18-7-9-5-13-14(6-12(9)17)22-8-21-13/h1-7H,8H2,(H,19,20)/b18-7-. The molecule has 5 nitrogen and oxygen atoms in total.